The van der Waals surface area contributed by atoms with E-state index in [1.54, 1.807) is 44.2 Å². The number of benzene rings is 2. The average Bonchev–Trinajstić information content (AvgIpc) is 3.37. The molecule has 2 N–H and O–H groups in total. The molecule has 2 aliphatic rings. The molecule has 4 rings (SSSR count). The Balaban J connectivity index is 1.39. The van der Waals surface area contributed by atoms with Crippen molar-refractivity contribution < 1.29 is 23.9 Å². The summed E-state index contributed by atoms with van der Waals surface area (Å²) in [6, 6.07) is 12.1. The van der Waals surface area contributed by atoms with E-state index in [9.17, 15) is 19.2 Å². The van der Waals surface area contributed by atoms with Crippen LogP contribution in [0.5, 0.6) is 0 Å². The topological polar surface area (TPSA) is 105 Å². The van der Waals surface area contributed by atoms with E-state index in [1.807, 2.05) is 18.2 Å². The van der Waals surface area contributed by atoms with Crippen molar-refractivity contribution in [2.45, 2.75) is 38.6 Å². The molecule has 0 saturated carbocycles. The molecule has 1 saturated heterocycles. The van der Waals surface area contributed by atoms with E-state index in [2.05, 4.69) is 10.6 Å². The van der Waals surface area contributed by atoms with Gasteiger partial charge in [-0.1, -0.05) is 30.3 Å². The number of urea groups is 1. The molecule has 1 aliphatic heterocycles. The maximum Gasteiger partial charge on any atom is 0.330 e. The van der Waals surface area contributed by atoms with E-state index >= 15 is 0 Å². The lowest BCUT2D eigenvalue weighted by molar-refractivity contribution is -0.137. The van der Waals surface area contributed by atoms with Gasteiger partial charge in [-0.25, -0.2) is 9.59 Å². The molecule has 0 bridgehead atoms. The van der Waals surface area contributed by atoms with Crippen LogP contribution in [0.2, 0.25) is 0 Å². The van der Waals surface area contributed by atoms with Gasteiger partial charge < -0.3 is 15.4 Å². The monoisotopic (exact) mass is 461 g/mol. The van der Waals surface area contributed by atoms with Gasteiger partial charge in [0, 0.05) is 11.8 Å². The van der Waals surface area contributed by atoms with Gasteiger partial charge in [-0.3, -0.25) is 14.5 Å². The summed E-state index contributed by atoms with van der Waals surface area (Å²) in [6.07, 6.45) is 6.01. The maximum absolute atomic E-state index is 13.2. The van der Waals surface area contributed by atoms with Gasteiger partial charge in [0.25, 0.3) is 5.91 Å². The number of esters is 1. The summed E-state index contributed by atoms with van der Waals surface area (Å²) < 4.78 is 4.84. The first kappa shape index (κ1) is 23.2. The number of anilines is 1. The second kappa shape index (κ2) is 9.51. The zero-order valence-electron chi connectivity index (χ0n) is 19.2. The van der Waals surface area contributed by atoms with Crippen LogP contribution in [0.25, 0.3) is 6.08 Å². The van der Waals surface area contributed by atoms with E-state index in [0.717, 1.165) is 35.3 Å². The summed E-state index contributed by atoms with van der Waals surface area (Å²) in [7, 11) is 0. The van der Waals surface area contributed by atoms with Crippen molar-refractivity contribution in [3.63, 3.8) is 0 Å². The number of fused-ring (bicyclic) bond motifs is 1. The first-order valence-corrected chi connectivity index (χ1v) is 11.3. The summed E-state index contributed by atoms with van der Waals surface area (Å²) in [5, 5.41) is 5.45. The van der Waals surface area contributed by atoms with Crippen LogP contribution in [-0.4, -0.2) is 41.9 Å². The molecule has 8 heteroatoms. The molecular weight excluding hydrogens is 434 g/mol. The fourth-order valence-corrected chi connectivity index (χ4v) is 4.30. The maximum atomic E-state index is 13.2. The van der Waals surface area contributed by atoms with Crippen molar-refractivity contribution in [2.24, 2.45) is 0 Å². The van der Waals surface area contributed by atoms with Gasteiger partial charge in [0.1, 0.15) is 12.1 Å². The highest BCUT2D eigenvalue weighted by Gasteiger charge is 2.49. The lowest BCUT2D eigenvalue weighted by atomic mass is 9.89. The molecule has 0 spiro atoms. The summed E-state index contributed by atoms with van der Waals surface area (Å²) in [5.41, 5.74) is 3.26. The highest BCUT2D eigenvalue weighted by Crippen LogP contribution is 2.32. The molecule has 0 aromatic heterocycles. The lowest BCUT2D eigenvalue weighted by Crippen LogP contribution is -2.42. The Morgan fingerprint density at radius 1 is 1.12 bits per heavy atom. The largest absolute Gasteiger partial charge is 0.463 e. The molecule has 1 aliphatic carbocycles. The van der Waals surface area contributed by atoms with E-state index in [4.69, 9.17) is 4.74 Å². The van der Waals surface area contributed by atoms with Gasteiger partial charge in [0.15, 0.2) is 0 Å². The molecule has 1 atom stereocenters. The fourth-order valence-electron chi connectivity index (χ4n) is 4.30. The number of imide groups is 1. The van der Waals surface area contributed by atoms with Crippen molar-refractivity contribution in [1.82, 2.24) is 10.2 Å². The van der Waals surface area contributed by atoms with Gasteiger partial charge in [-0.2, -0.15) is 0 Å². The standard InChI is InChI=1S/C26H27N3O5/c1-3-34-23(31)14-9-17-7-12-21(13-8-17)27-22(30)16-29-24(32)26(2,28-25(29)33)20-11-10-18-5-4-6-19(18)15-20/h7-15H,3-6,16H2,1-2H3,(H,27,30)(H,28,33)/b14-9+. The van der Waals surface area contributed by atoms with Crippen molar-refractivity contribution in [1.29, 1.82) is 0 Å². The van der Waals surface area contributed by atoms with Crippen LogP contribution in [-0.2, 0) is 37.5 Å². The molecule has 1 fully saturated rings. The van der Waals surface area contributed by atoms with Crippen LogP contribution in [0.4, 0.5) is 10.5 Å². The zero-order chi connectivity index (χ0) is 24.3. The first-order valence-electron chi connectivity index (χ1n) is 11.3. The molecule has 8 nitrogen and oxygen atoms in total. The number of ether oxygens (including phenoxy) is 1. The minimum atomic E-state index is -1.21. The molecule has 2 aromatic carbocycles. The Bertz CT molecular complexity index is 1170. The fraction of sp³-hybridized carbons (Fsp3) is 0.308. The predicted molar refractivity (Wildman–Crippen MR) is 127 cm³/mol. The second-order valence-corrected chi connectivity index (χ2v) is 8.54. The quantitative estimate of drug-likeness (QED) is 0.374. The molecule has 4 amide bonds. The number of amides is 4. The summed E-state index contributed by atoms with van der Waals surface area (Å²) >= 11 is 0. The van der Waals surface area contributed by atoms with Crippen molar-refractivity contribution >= 4 is 35.6 Å². The van der Waals surface area contributed by atoms with Crippen molar-refractivity contribution in [2.75, 3.05) is 18.5 Å². The van der Waals surface area contributed by atoms with Crippen molar-refractivity contribution in [3.8, 4) is 0 Å². The van der Waals surface area contributed by atoms with Crippen LogP contribution < -0.4 is 10.6 Å². The third-order valence-electron chi connectivity index (χ3n) is 6.15. The number of carbonyl (C=O) groups is 4. The highest BCUT2D eigenvalue weighted by atomic mass is 16.5. The van der Waals surface area contributed by atoms with E-state index in [-0.39, 0.29) is 0 Å². The second-order valence-electron chi connectivity index (χ2n) is 8.54. The van der Waals surface area contributed by atoms with E-state index < -0.39 is 35.9 Å². The minimum Gasteiger partial charge on any atom is -0.463 e. The average molecular weight is 462 g/mol. The number of nitrogens with zero attached hydrogens (tertiary/aromatic N) is 1. The third-order valence-corrected chi connectivity index (χ3v) is 6.15. The molecule has 176 valence electrons. The summed E-state index contributed by atoms with van der Waals surface area (Å²) in [4.78, 5) is 50.7. The smallest absolute Gasteiger partial charge is 0.330 e. The van der Waals surface area contributed by atoms with Gasteiger partial charge in [-0.15, -0.1) is 0 Å². The van der Waals surface area contributed by atoms with Gasteiger partial charge >= 0.3 is 12.0 Å². The van der Waals surface area contributed by atoms with Crippen molar-refractivity contribution in [3.05, 3.63) is 70.8 Å². The lowest BCUT2D eigenvalue weighted by Gasteiger charge is -2.23. The number of aryl methyl sites for hydroxylation is 2. The highest BCUT2D eigenvalue weighted by molar-refractivity contribution is 6.10. The van der Waals surface area contributed by atoms with Crippen LogP contribution in [0.15, 0.2) is 48.5 Å². The SMILES string of the molecule is CCOC(=O)/C=C/c1ccc(NC(=O)CN2C(=O)NC(C)(c3ccc4c(c3)CCC4)C2=O)cc1. The van der Waals surface area contributed by atoms with Gasteiger partial charge in [0.2, 0.25) is 5.91 Å². The van der Waals surface area contributed by atoms with Crippen LogP contribution in [0.1, 0.15) is 42.5 Å². The molecule has 1 heterocycles. The molecule has 2 aromatic rings. The van der Waals surface area contributed by atoms with E-state index in [1.165, 1.54) is 17.2 Å². The Morgan fingerprint density at radius 3 is 2.59 bits per heavy atom. The normalized spacial score (nSPS) is 19.3. The Labute approximate surface area is 198 Å². The Hall–Kier alpha value is -3.94. The molecular formula is C26H27N3O5. The molecule has 1 unspecified atom stereocenters. The summed E-state index contributed by atoms with van der Waals surface area (Å²) in [6.45, 7) is 3.31. The van der Waals surface area contributed by atoms with Gasteiger partial charge in [0.05, 0.1) is 6.61 Å². The third kappa shape index (κ3) is 4.71. The number of nitrogens with one attached hydrogen (secondary N) is 2. The number of rotatable bonds is 7. The Kier molecular flexibility index (Phi) is 6.49. The first-order chi connectivity index (χ1) is 16.3. The number of hydrogen-bond donors (Lipinski definition) is 2. The predicted octanol–water partition coefficient (Wildman–Crippen LogP) is 3.16. The van der Waals surface area contributed by atoms with Crippen LogP contribution >= 0.6 is 0 Å². The molecule has 0 radical (unpaired) electrons. The number of hydrogen-bond acceptors (Lipinski definition) is 5. The minimum absolute atomic E-state index is 0.304. The number of carbonyl (C=O) groups excluding carboxylic acids is 4. The summed E-state index contributed by atoms with van der Waals surface area (Å²) in [5.74, 6) is -1.37. The van der Waals surface area contributed by atoms with Gasteiger partial charge in [-0.05, 0) is 73.6 Å². The Morgan fingerprint density at radius 2 is 1.85 bits per heavy atom. The molecule has 34 heavy (non-hydrogen) atoms. The van der Waals surface area contributed by atoms with Crippen LogP contribution in [0, 0.1) is 0 Å². The zero-order valence-corrected chi connectivity index (χ0v) is 19.2. The van der Waals surface area contributed by atoms with Crippen LogP contribution in [0.3, 0.4) is 0 Å². The van der Waals surface area contributed by atoms with E-state index in [0.29, 0.717) is 12.3 Å².